The van der Waals surface area contributed by atoms with Gasteiger partial charge >= 0.3 is 0 Å². The number of rotatable bonds is 7. The van der Waals surface area contributed by atoms with Gasteiger partial charge in [-0.2, -0.15) is 0 Å². The van der Waals surface area contributed by atoms with E-state index in [9.17, 15) is 14.4 Å². The highest BCUT2D eigenvalue weighted by Crippen LogP contribution is 2.10. The number of anilines is 1. The zero-order valence-electron chi connectivity index (χ0n) is 16.2. The number of amides is 3. The van der Waals surface area contributed by atoms with E-state index in [0.717, 1.165) is 18.4 Å². The first-order valence-electron chi connectivity index (χ1n) is 9.32. The summed E-state index contributed by atoms with van der Waals surface area (Å²) in [5.74, 6) is -0.762. The van der Waals surface area contributed by atoms with Gasteiger partial charge in [-0.25, -0.2) is 0 Å². The summed E-state index contributed by atoms with van der Waals surface area (Å²) in [5, 5.41) is 5.28. The number of carbonyl (C=O) groups excluding carboxylic acids is 3. The van der Waals surface area contributed by atoms with Gasteiger partial charge in [-0.05, 0) is 48.5 Å². The summed E-state index contributed by atoms with van der Waals surface area (Å²) in [5.41, 5.74) is 6.78. The molecule has 0 aliphatic carbocycles. The molecule has 0 heterocycles. The molecule has 0 aromatic heterocycles. The zero-order valence-corrected chi connectivity index (χ0v) is 17.0. The quantitative estimate of drug-likeness (QED) is 0.414. The third-order valence-corrected chi connectivity index (χ3v) is 4.14. The predicted octanol–water partition coefficient (Wildman–Crippen LogP) is 2.69. The average Bonchev–Trinajstić information content (AvgIpc) is 2.71. The van der Waals surface area contributed by atoms with E-state index in [0.29, 0.717) is 17.7 Å². The first-order valence-corrected chi connectivity index (χ1v) is 9.72. The van der Waals surface area contributed by atoms with Crippen molar-refractivity contribution in [3.63, 3.8) is 0 Å². The van der Waals surface area contributed by atoms with Crippen LogP contribution >= 0.6 is 12.2 Å². The molecule has 4 N–H and O–H groups in total. The monoisotopic (exact) mass is 412 g/mol. The standard InChI is InChI=1S/C21H24N4O3S/c1-2-3-9-18(26)22-17-12-10-16(11-13-17)20(28)24-25-21(29)23-19(27)14-15-7-5-4-6-8-15/h4-8,10-13H,2-3,9,14H2,1H3,(H,22,26)(H,24,28)(H2,23,25,27,29). The fourth-order valence-corrected chi connectivity index (χ4v) is 2.60. The van der Waals surface area contributed by atoms with Crippen LogP contribution in [0.3, 0.4) is 0 Å². The lowest BCUT2D eigenvalue weighted by molar-refractivity contribution is -0.119. The Kier molecular flexibility index (Phi) is 8.78. The molecule has 0 atom stereocenters. The number of unbranched alkanes of at least 4 members (excludes halogenated alkanes) is 1. The first-order chi connectivity index (χ1) is 14.0. The lowest BCUT2D eigenvalue weighted by Crippen LogP contribution is -2.48. The van der Waals surface area contributed by atoms with Crippen LogP contribution in [0.2, 0.25) is 0 Å². The lowest BCUT2D eigenvalue weighted by Gasteiger charge is -2.11. The Morgan fingerprint density at radius 2 is 1.59 bits per heavy atom. The van der Waals surface area contributed by atoms with E-state index in [2.05, 4.69) is 21.5 Å². The average molecular weight is 413 g/mol. The van der Waals surface area contributed by atoms with Crippen LogP contribution in [0.15, 0.2) is 54.6 Å². The molecule has 0 spiro atoms. The number of hydrogen-bond donors (Lipinski definition) is 4. The summed E-state index contributed by atoms with van der Waals surface area (Å²) >= 11 is 5.01. The predicted molar refractivity (Wildman–Crippen MR) is 116 cm³/mol. The molecule has 3 amide bonds. The van der Waals surface area contributed by atoms with Gasteiger partial charge in [0, 0.05) is 17.7 Å². The number of nitrogens with one attached hydrogen (secondary N) is 4. The number of carbonyl (C=O) groups is 3. The van der Waals surface area contributed by atoms with Crippen molar-refractivity contribution in [3.05, 3.63) is 65.7 Å². The molecule has 0 saturated carbocycles. The van der Waals surface area contributed by atoms with Crippen LogP contribution < -0.4 is 21.5 Å². The summed E-state index contributed by atoms with van der Waals surface area (Å²) < 4.78 is 0. The van der Waals surface area contributed by atoms with Crippen molar-refractivity contribution in [2.75, 3.05) is 5.32 Å². The normalized spacial score (nSPS) is 9.97. The highest BCUT2D eigenvalue weighted by molar-refractivity contribution is 7.80. The Morgan fingerprint density at radius 1 is 0.897 bits per heavy atom. The molecule has 2 aromatic rings. The van der Waals surface area contributed by atoms with Gasteiger partial charge in [0.15, 0.2) is 5.11 Å². The SMILES string of the molecule is CCCCC(=O)Nc1ccc(C(=O)NNC(=S)NC(=O)Cc2ccccc2)cc1. The van der Waals surface area contributed by atoms with Crippen LogP contribution in [0.25, 0.3) is 0 Å². The smallest absolute Gasteiger partial charge is 0.269 e. The third-order valence-electron chi connectivity index (χ3n) is 3.94. The van der Waals surface area contributed by atoms with Crippen LogP contribution in [0.4, 0.5) is 5.69 Å². The van der Waals surface area contributed by atoms with Gasteiger partial charge in [0.05, 0.1) is 6.42 Å². The van der Waals surface area contributed by atoms with Gasteiger partial charge in [0.1, 0.15) is 0 Å². The van der Waals surface area contributed by atoms with Crippen LogP contribution in [-0.4, -0.2) is 22.8 Å². The molecule has 7 nitrogen and oxygen atoms in total. The topological polar surface area (TPSA) is 99.3 Å². The molecule has 8 heteroatoms. The van der Waals surface area contributed by atoms with Crippen molar-refractivity contribution in [1.82, 2.24) is 16.2 Å². The van der Waals surface area contributed by atoms with Gasteiger partial charge in [-0.15, -0.1) is 0 Å². The largest absolute Gasteiger partial charge is 0.326 e. The minimum Gasteiger partial charge on any atom is -0.326 e. The molecule has 0 aliphatic rings. The van der Waals surface area contributed by atoms with Gasteiger partial charge in [-0.3, -0.25) is 25.2 Å². The van der Waals surface area contributed by atoms with Crippen LogP contribution in [0.5, 0.6) is 0 Å². The summed E-state index contributed by atoms with van der Waals surface area (Å²) in [7, 11) is 0. The van der Waals surface area contributed by atoms with Crippen LogP contribution in [-0.2, 0) is 16.0 Å². The molecule has 0 radical (unpaired) electrons. The number of hydrazine groups is 1. The molecular formula is C21H24N4O3S. The summed E-state index contributed by atoms with van der Waals surface area (Å²) in [4.78, 5) is 35.8. The number of benzene rings is 2. The van der Waals surface area contributed by atoms with E-state index in [4.69, 9.17) is 12.2 Å². The second-order valence-electron chi connectivity index (χ2n) is 6.35. The van der Waals surface area contributed by atoms with Gasteiger partial charge in [-0.1, -0.05) is 43.7 Å². The van der Waals surface area contributed by atoms with E-state index in [1.54, 1.807) is 24.3 Å². The van der Waals surface area contributed by atoms with Crippen molar-refractivity contribution in [2.24, 2.45) is 0 Å². The third kappa shape index (κ3) is 8.10. The zero-order chi connectivity index (χ0) is 21.1. The van der Waals surface area contributed by atoms with Crippen molar-refractivity contribution in [2.45, 2.75) is 32.6 Å². The molecule has 0 aliphatic heterocycles. The van der Waals surface area contributed by atoms with Gasteiger partial charge in [0.25, 0.3) is 5.91 Å². The maximum absolute atomic E-state index is 12.2. The second kappa shape index (κ2) is 11.6. The fourth-order valence-electron chi connectivity index (χ4n) is 2.43. The highest BCUT2D eigenvalue weighted by Gasteiger charge is 2.09. The molecule has 2 aromatic carbocycles. The van der Waals surface area contributed by atoms with Crippen molar-refractivity contribution in [1.29, 1.82) is 0 Å². The molecular weight excluding hydrogens is 388 g/mol. The summed E-state index contributed by atoms with van der Waals surface area (Å²) in [6, 6.07) is 15.7. The van der Waals surface area contributed by atoms with Crippen molar-refractivity contribution in [3.8, 4) is 0 Å². The lowest BCUT2D eigenvalue weighted by atomic mass is 10.1. The molecule has 0 bridgehead atoms. The Morgan fingerprint density at radius 3 is 2.24 bits per heavy atom. The fraction of sp³-hybridized carbons (Fsp3) is 0.238. The maximum Gasteiger partial charge on any atom is 0.269 e. The second-order valence-corrected chi connectivity index (χ2v) is 6.76. The van der Waals surface area contributed by atoms with Crippen molar-refractivity contribution >= 4 is 40.7 Å². The summed E-state index contributed by atoms with van der Waals surface area (Å²) in [6.07, 6.45) is 2.44. The van der Waals surface area contributed by atoms with E-state index < -0.39 is 5.91 Å². The molecule has 2 rings (SSSR count). The Balaban J connectivity index is 1.75. The van der Waals surface area contributed by atoms with E-state index >= 15 is 0 Å². The van der Waals surface area contributed by atoms with E-state index in [-0.39, 0.29) is 23.3 Å². The summed E-state index contributed by atoms with van der Waals surface area (Å²) in [6.45, 7) is 2.02. The number of hydrogen-bond acceptors (Lipinski definition) is 4. The van der Waals surface area contributed by atoms with E-state index in [1.165, 1.54) is 0 Å². The number of thiocarbonyl (C=S) groups is 1. The minimum atomic E-state index is -0.423. The minimum absolute atomic E-state index is 0.000844. The Bertz CT molecular complexity index is 854. The molecule has 29 heavy (non-hydrogen) atoms. The molecule has 0 unspecified atom stereocenters. The highest BCUT2D eigenvalue weighted by atomic mass is 32.1. The first kappa shape index (κ1) is 22.0. The van der Waals surface area contributed by atoms with Crippen LogP contribution in [0, 0.1) is 0 Å². The Labute approximate surface area is 175 Å². The molecule has 0 fully saturated rings. The molecule has 0 saturated heterocycles. The van der Waals surface area contributed by atoms with Gasteiger partial charge < -0.3 is 10.6 Å². The van der Waals surface area contributed by atoms with Crippen molar-refractivity contribution < 1.29 is 14.4 Å². The Hall–Kier alpha value is -3.26. The van der Waals surface area contributed by atoms with Gasteiger partial charge in [0.2, 0.25) is 11.8 Å². The van der Waals surface area contributed by atoms with E-state index in [1.807, 2.05) is 37.3 Å². The van der Waals surface area contributed by atoms with Crippen LogP contribution in [0.1, 0.15) is 42.1 Å². The molecule has 152 valence electrons. The maximum atomic E-state index is 12.2.